The summed E-state index contributed by atoms with van der Waals surface area (Å²) in [5.41, 5.74) is 0. The molecule has 1 fully saturated rings. The number of esters is 2. The molecular formula is C10H16O6S. The SMILES string of the molecule is CCOC(=O)CS(=O)(=O)C(C(=O)OC)C1CC1. The first-order valence-electron chi connectivity index (χ1n) is 5.37. The van der Waals surface area contributed by atoms with E-state index in [4.69, 9.17) is 0 Å². The van der Waals surface area contributed by atoms with Crippen LogP contribution in [0.2, 0.25) is 0 Å². The summed E-state index contributed by atoms with van der Waals surface area (Å²) in [5.74, 6) is -2.61. The Morgan fingerprint density at radius 1 is 1.35 bits per heavy atom. The molecule has 0 N–H and O–H groups in total. The highest BCUT2D eigenvalue weighted by atomic mass is 32.2. The van der Waals surface area contributed by atoms with Gasteiger partial charge < -0.3 is 9.47 Å². The van der Waals surface area contributed by atoms with Gasteiger partial charge in [0, 0.05) is 0 Å². The fourth-order valence-electron chi connectivity index (χ4n) is 1.60. The molecule has 1 atom stereocenters. The molecule has 0 heterocycles. The molecular weight excluding hydrogens is 248 g/mol. The van der Waals surface area contributed by atoms with Crippen LogP contribution < -0.4 is 0 Å². The third-order valence-electron chi connectivity index (χ3n) is 2.49. The highest BCUT2D eigenvalue weighted by Gasteiger charge is 2.46. The van der Waals surface area contributed by atoms with Gasteiger partial charge in [-0.2, -0.15) is 0 Å². The molecule has 17 heavy (non-hydrogen) atoms. The summed E-state index contributed by atoms with van der Waals surface area (Å²) in [6.07, 6.45) is 1.34. The van der Waals surface area contributed by atoms with E-state index in [1.54, 1.807) is 6.92 Å². The number of hydrogen-bond donors (Lipinski definition) is 0. The fraction of sp³-hybridized carbons (Fsp3) is 0.800. The summed E-state index contributed by atoms with van der Waals surface area (Å²) in [6, 6.07) is 0. The number of sulfone groups is 1. The number of methoxy groups -OCH3 is 1. The Morgan fingerprint density at radius 2 is 1.94 bits per heavy atom. The molecule has 7 heteroatoms. The van der Waals surface area contributed by atoms with Crippen molar-refractivity contribution >= 4 is 21.8 Å². The molecule has 0 bridgehead atoms. The molecule has 1 rings (SSSR count). The van der Waals surface area contributed by atoms with Crippen LogP contribution >= 0.6 is 0 Å². The first-order valence-corrected chi connectivity index (χ1v) is 7.09. The molecule has 1 aliphatic rings. The Labute approximate surface area is 100 Å². The van der Waals surface area contributed by atoms with E-state index in [9.17, 15) is 18.0 Å². The van der Waals surface area contributed by atoms with Crippen molar-refractivity contribution in [1.29, 1.82) is 0 Å². The maximum Gasteiger partial charge on any atom is 0.324 e. The molecule has 0 radical (unpaired) electrons. The minimum absolute atomic E-state index is 0.112. The van der Waals surface area contributed by atoms with Crippen LogP contribution in [-0.2, 0) is 28.9 Å². The van der Waals surface area contributed by atoms with Crippen molar-refractivity contribution in [2.45, 2.75) is 25.0 Å². The lowest BCUT2D eigenvalue weighted by molar-refractivity contribution is -0.140. The van der Waals surface area contributed by atoms with Gasteiger partial charge >= 0.3 is 11.9 Å². The lowest BCUT2D eigenvalue weighted by Gasteiger charge is -2.13. The first-order chi connectivity index (χ1) is 7.92. The minimum Gasteiger partial charge on any atom is -0.468 e. The van der Waals surface area contributed by atoms with Gasteiger partial charge in [-0.25, -0.2) is 8.42 Å². The molecule has 6 nitrogen and oxygen atoms in total. The Balaban J connectivity index is 2.78. The van der Waals surface area contributed by atoms with Crippen LogP contribution in [0.4, 0.5) is 0 Å². The molecule has 0 spiro atoms. The average molecular weight is 264 g/mol. The molecule has 0 saturated heterocycles. The Hall–Kier alpha value is -1.11. The fourth-order valence-corrected chi connectivity index (χ4v) is 3.44. The lowest BCUT2D eigenvalue weighted by Crippen LogP contribution is -2.37. The van der Waals surface area contributed by atoms with Crippen LogP contribution in [0.25, 0.3) is 0 Å². The van der Waals surface area contributed by atoms with Crippen LogP contribution in [0.5, 0.6) is 0 Å². The predicted molar refractivity (Wildman–Crippen MR) is 58.9 cm³/mol. The van der Waals surface area contributed by atoms with E-state index in [0.29, 0.717) is 12.8 Å². The summed E-state index contributed by atoms with van der Waals surface area (Å²) in [7, 11) is -2.70. The Kier molecular flexibility index (Phi) is 4.50. The van der Waals surface area contributed by atoms with E-state index in [2.05, 4.69) is 9.47 Å². The Morgan fingerprint density at radius 3 is 2.35 bits per heavy atom. The normalized spacial score (nSPS) is 17.3. The highest BCUT2D eigenvalue weighted by Crippen LogP contribution is 2.37. The van der Waals surface area contributed by atoms with E-state index in [0.717, 1.165) is 7.11 Å². The molecule has 1 aliphatic carbocycles. The number of rotatable bonds is 6. The second kappa shape index (κ2) is 5.48. The van der Waals surface area contributed by atoms with Gasteiger partial charge in [-0.3, -0.25) is 9.59 Å². The maximum atomic E-state index is 11.9. The van der Waals surface area contributed by atoms with Crippen molar-refractivity contribution in [1.82, 2.24) is 0 Å². The third kappa shape index (κ3) is 3.69. The average Bonchev–Trinajstić information content (AvgIpc) is 3.00. The zero-order valence-corrected chi connectivity index (χ0v) is 10.7. The summed E-state index contributed by atoms with van der Waals surface area (Å²) in [6.45, 7) is 1.70. The van der Waals surface area contributed by atoms with Gasteiger partial charge in [0.15, 0.2) is 15.1 Å². The highest BCUT2D eigenvalue weighted by molar-refractivity contribution is 7.93. The van der Waals surface area contributed by atoms with Gasteiger partial charge in [-0.1, -0.05) is 0 Å². The van der Waals surface area contributed by atoms with Crippen LogP contribution in [0.3, 0.4) is 0 Å². The lowest BCUT2D eigenvalue weighted by atomic mass is 10.3. The van der Waals surface area contributed by atoms with Crippen molar-refractivity contribution in [2.75, 3.05) is 19.5 Å². The van der Waals surface area contributed by atoms with E-state index in [-0.39, 0.29) is 12.5 Å². The molecule has 1 saturated carbocycles. The topological polar surface area (TPSA) is 86.7 Å². The maximum absolute atomic E-state index is 11.9. The van der Waals surface area contributed by atoms with Crippen LogP contribution in [-0.4, -0.2) is 45.1 Å². The van der Waals surface area contributed by atoms with Crippen LogP contribution in [0, 0.1) is 5.92 Å². The molecule has 0 aromatic carbocycles. The number of carbonyl (C=O) groups is 2. The second-order valence-electron chi connectivity index (χ2n) is 3.89. The molecule has 0 aromatic rings. The van der Waals surface area contributed by atoms with Crippen molar-refractivity contribution < 1.29 is 27.5 Å². The Bertz CT molecular complexity index is 395. The molecule has 0 aromatic heterocycles. The molecule has 0 amide bonds. The van der Waals surface area contributed by atoms with Gasteiger partial charge in [0.1, 0.15) is 5.75 Å². The van der Waals surface area contributed by atoms with Gasteiger partial charge in [-0.15, -0.1) is 0 Å². The smallest absolute Gasteiger partial charge is 0.324 e. The van der Waals surface area contributed by atoms with Crippen molar-refractivity contribution in [3.8, 4) is 0 Å². The number of carbonyl (C=O) groups excluding carboxylic acids is 2. The minimum atomic E-state index is -3.84. The first kappa shape index (κ1) is 14.0. The van der Waals surface area contributed by atoms with Crippen molar-refractivity contribution in [3.05, 3.63) is 0 Å². The standard InChI is InChI=1S/C10H16O6S/c1-3-16-8(11)6-17(13,14)9(7-4-5-7)10(12)15-2/h7,9H,3-6H2,1-2H3. The van der Waals surface area contributed by atoms with Gasteiger partial charge in [-0.05, 0) is 25.7 Å². The monoisotopic (exact) mass is 264 g/mol. The van der Waals surface area contributed by atoms with Crippen LogP contribution in [0.1, 0.15) is 19.8 Å². The quantitative estimate of drug-likeness (QED) is 0.623. The summed E-state index contributed by atoms with van der Waals surface area (Å²) in [4.78, 5) is 22.6. The predicted octanol–water partition coefficient (Wildman–Crippen LogP) is -0.0841. The zero-order valence-electron chi connectivity index (χ0n) is 9.84. The van der Waals surface area contributed by atoms with Crippen molar-refractivity contribution in [2.24, 2.45) is 5.92 Å². The number of ether oxygens (including phenoxy) is 2. The largest absolute Gasteiger partial charge is 0.468 e. The van der Waals surface area contributed by atoms with Gasteiger partial charge in [0.2, 0.25) is 0 Å². The van der Waals surface area contributed by atoms with Gasteiger partial charge in [0.05, 0.1) is 13.7 Å². The summed E-state index contributed by atoms with van der Waals surface area (Å²) < 4.78 is 32.8. The van der Waals surface area contributed by atoms with E-state index < -0.39 is 32.8 Å². The molecule has 1 unspecified atom stereocenters. The summed E-state index contributed by atoms with van der Waals surface area (Å²) in [5, 5.41) is -1.23. The molecule has 98 valence electrons. The van der Waals surface area contributed by atoms with Crippen molar-refractivity contribution in [3.63, 3.8) is 0 Å². The zero-order chi connectivity index (χ0) is 13.1. The van der Waals surface area contributed by atoms with E-state index in [1.165, 1.54) is 0 Å². The number of hydrogen-bond acceptors (Lipinski definition) is 6. The second-order valence-corrected chi connectivity index (χ2v) is 6.02. The van der Waals surface area contributed by atoms with Crippen LogP contribution in [0.15, 0.2) is 0 Å². The van der Waals surface area contributed by atoms with Gasteiger partial charge in [0.25, 0.3) is 0 Å². The summed E-state index contributed by atoms with van der Waals surface area (Å²) >= 11 is 0. The van der Waals surface area contributed by atoms with E-state index >= 15 is 0 Å². The molecule has 0 aliphatic heterocycles. The van der Waals surface area contributed by atoms with E-state index in [1.807, 2.05) is 0 Å². The third-order valence-corrected chi connectivity index (χ3v) is 4.48.